The molecule has 88 valence electrons. The van der Waals surface area contributed by atoms with Gasteiger partial charge in [-0.25, -0.2) is 0 Å². The molecule has 1 aliphatic rings. The molecule has 1 rings (SSSR count). The lowest BCUT2D eigenvalue weighted by molar-refractivity contribution is -0.142. The lowest BCUT2D eigenvalue weighted by Gasteiger charge is -2.39. The zero-order valence-corrected chi connectivity index (χ0v) is 10.4. The summed E-state index contributed by atoms with van der Waals surface area (Å²) >= 11 is 0. The minimum absolute atomic E-state index is 0.255. The van der Waals surface area contributed by atoms with Crippen LogP contribution in [0.15, 0.2) is 0 Å². The number of rotatable bonds is 1. The summed E-state index contributed by atoms with van der Waals surface area (Å²) in [5.41, 5.74) is 5.44. The molecule has 1 saturated heterocycles. The van der Waals surface area contributed by atoms with Crippen LogP contribution in [0.25, 0.3) is 0 Å². The van der Waals surface area contributed by atoms with Crippen molar-refractivity contribution in [2.24, 2.45) is 23.0 Å². The first-order chi connectivity index (χ1) is 6.86. The molecule has 3 heteroatoms. The van der Waals surface area contributed by atoms with Crippen LogP contribution in [-0.2, 0) is 4.79 Å². The number of carbonyl (C=O) groups excluding carboxylic acids is 1. The molecule has 2 atom stereocenters. The Morgan fingerprint density at radius 1 is 1.47 bits per heavy atom. The molecule has 0 aromatic carbocycles. The van der Waals surface area contributed by atoms with Crippen LogP contribution in [0.3, 0.4) is 0 Å². The van der Waals surface area contributed by atoms with Crippen LogP contribution in [0, 0.1) is 17.3 Å². The van der Waals surface area contributed by atoms with E-state index in [0.29, 0.717) is 11.8 Å². The first-order valence-corrected chi connectivity index (χ1v) is 5.85. The molecule has 2 unspecified atom stereocenters. The number of nitrogens with zero attached hydrogens (tertiary/aromatic N) is 1. The third-order valence-electron chi connectivity index (χ3n) is 3.31. The Morgan fingerprint density at radius 2 is 2.07 bits per heavy atom. The highest BCUT2D eigenvalue weighted by Crippen LogP contribution is 2.26. The second-order valence-electron chi connectivity index (χ2n) is 5.76. The van der Waals surface area contributed by atoms with Crippen LogP contribution in [0.2, 0.25) is 0 Å². The second-order valence-corrected chi connectivity index (χ2v) is 5.76. The van der Waals surface area contributed by atoms with Crippen molar-refractivity contribution < 1.29 is 4.79 Å². The Bertz CT molecular complexity index is 232. The van der Waals surface area contributed by atoms with Gasteiger partial charge < -0.3 is 10.6 Å². The molecule has 2 N–H and O–H groups in total. The van der Waals surface area contributed by atoms with E-state index in [1.807, 2.05) is 25.7 Å². The quantitative estimate of drug-likeness (QED) is 0.715. The summed E-state index contributed by atoms with van der Waals surface area (Å²) in [5, 5.41) is 0. The van der Waals surface area contributed by atoms with Gasteiger partial charge in [0, 0.05) is 18.5 Å². The van der Waals surface area contributed by atoms with Gasteiger partial charge in [-0.1, -0.05) is 27.7 Å². The molecule has 1 amide bonds. The molecule has 0 radical (unpaired) electrons. The molecule has 0 aromatic heterocycles. The number of amides is 1. The summed E-state index contributed by atoms with van der Waals surface area (Å²) in [4.78, 5) is 14.1. The SMILES string of the molecule is CC1CN(C(=O)C(C)(C)C)CCC1CN. The van der Waals surface area contributed by atoms with Gasteiger partial charge in [0.1, 0.15) is 0 Å². The van der Waals surface area contributed by atoms with E-state index in [2.05, 4.69) is 6.92 Å². The van der Waals surface area contributed by atoms with Crippen LogP contribution >= 0.6 is 0 Å². The van der Waals surface area contributed by atoms with Crippen LogP contribution < -0.4 is 5.73 Å². The van der Waals surface area contributed by atoms with Crippen LogP contribution in [0.1, 0.15) is 34.1 Å². The van der Waals surface area contributed by atoms with Crippen molar-refractivity contribution in [3.63, 3.8) is 0 Å². The third kappa shape index (κ3) is 2.94. The molecule has 0 aromatic rings. The van der Waals surface area contributed by atoms with Crippen molar-refractivity contribution in [2.75, 3.05) is 19.6 Å². The van der Waals surface area contributed by atoms with E-state index in [-0.39, 0.29) is 11.3 Å². The van der Waals surface area contributed by atoms with Crippen molar-refractivity contribution in [1.82, 2.24) is 4.90 Å². The van der Waals surface area contributed by atoms with Crippen LogP contribution in [0.5, 0.6) is 0 Å². The largest absolute Gasteiger partial charge is 0.342 e. The maximum Gasteiger partial charge on any atom is 0.227 e. The van der Waals surface area contributed by atoms with Gasteiger partial charge in [0.05, 0.1) is 0 Å². The lowest BCUT2D eigenvalue weighted by atomic mass is 9.85. The van der Waals surface area contributed by atoms with Gasteiger partial charge >= 0.3 is 0 Å². The fourth-order valence-corrected chi connectivity index (χ4v) is 2.20. The Hall–Kier alpha value is -0.570. The number of nitrogens with two attached hydrogens (primary N) is 1. The average molecular weight is 212 g/mol. The Morgan fingerprint density at radius 3 is 2.47 bits per heavy atom. The zero-order chi connectivity index (χ0) is 11.6. The summed E-state index contributed by atoms with van der Waals surface area (Å²) in [7, 11) is 0. The molecule has 3 nitrogen and oxygen atoms in total. The Balaban J connectivity index is 2.58. The maximum absolute atomic E-state index is 12.1. The number of carbonyl (C=O) groups is 1. The monoisotopic (exact) mass is 212 g/mol. The van der Waals surface area contributed by atoms with E-state index in [9.17, 15) is 4.79 Å². The molecule has 0 saturated carbocycles. The number of likely N-dealkylation sites (tertiary alicyclic amines) is 1. The molecule has 0 spiro atoms. The standard InChI is InChI=1S/C12H24N2O/c1-9-8-14(6-5-10(9)7-13)11(15)12(2,3)4/h9-10H,5-8,13H2,1-4H3. The normalized spacial score (nSPS) is 27.9. The predicted octanol–water partition coefficient (Wildman–Crippen LogP) is 1.48. The fraction of sp³-hybridized carbons (Fsp3) is 0.917. The van der Waals surface area contributed by atoms with E-state index in [1.165, 1.54) is 0 Å². The van der Waals surface area contributed by atoms with Crippen molar-refractivity contribution in [2.45, 2.75) is 34.1 Å². The van der Waals surface area contributed by atoms with Gasteiger partial charge in [-0.2, -0.15) is 0 Å². The highest BCUT2D eigenvalue weighted by molar-refractivity contribution is 5.81. The van der Waals surface area contributed by atoms with E-state index in [0.717, 1.165) is 26.1 Å². The van der Waals surface area contributed by atoms with E-state index in [4.69, 9.17) is 5.73 Å². The van der Waals surface area contributed by atoms with Gasteiger partial charge in [0.25, 0.3) is 0 Å². The van der Waals surface area contributed by atoms with Crippen molar-refractivity contribution in [3.05, 3.63) is 0 Å². The topological polar surface area (TPSA) is 46.3 Å². The van der Waals surface area contributed by atoms with E-state index in [1.54, 1.807) is 0 Å². The highest BCUT2D eigenvalue weighted by Gasteiger charge is 2.32. The number of hydrogen-bond donors (Lipinski definition) is 1. The second kappa shape index (κ2) is 4.52. The zero-order valence-electron chi connectivity index (χ0n) is 10.4. The smallest absolute Gasteiger partial charge is 0.227 e. The summed E-state index contributed by atoms with van der Waals surface area (Å²) < 4.78 is 0. The van der Waals surface area contributed by atoms with Gasteiger partial charge in [-0.15, -0.1) is 0 Å². The van der Waals surface area contributed by atoms with Crippen LogP contribution in [-0.4, -0.2) is 30.4 Å². The maximum atomic E-state index is 12.1. The first kappa shape index (κ1) is 12.5. The Labute approximate surface area is 93.0 Å². The molecule has 1 aliphatic heterocycles. The van der Waals surface area contributed by atoms with Gasteiger partial charge in [-0.05, 0) is 24.8 Å². The molecular formula is C12H24N2O. The summed E-state index contributed by atoms with van der Waals surface area (Å²) in [6, 6.07) is 0. The average Bonchev–Trinajstić information content (AvgIpc) is 2.15. The fourth-order valence-electron chi connectivity index (χ4n) is 2.20. The molecule has 1 fully saturated rings. The lowest BCUT2D eigenvalue weighted by Crippen LogP contribution is -2.48. The molecule has 0 bridgehead atoms. The van der Waals surface area contributed by atoms with Gasteiger partial charge in [0.15, 0.2) is 0 Å². The Kier molecular flexibility index (Phi) is 3.77. The molecule has 1 heterocycles. The van der Waals surface area contributed by atoms with Crippen molar-refractivity contribution in [3.8, 4) is 0 Å². The van der Waals surface area contributed by atoms with Gasteiger partial charge in [-0.3, -0.25) is 4.79 Å². The van der Waals surface area contributed by atoms with Gasteiger partial charge in [0.2, 0.25) is 5.91 Å². The highest BCUT2D eigenvalue weighted by atomic mass is 16.2. The first-order valence-electron chi connectivity index (χ1n) is 5.85. The summed E-state index contributed by atoms with van der Waals surface area (Å²) in [5.74, 6) is 1.40. The molecule has 15 heavy (non-hydrogen) atoms. The van der Waals surface area contributed by atoms with Crippen molar-refractivity contribution >= 4 is 5.91 Å². The number of hydrogen-bond acceptors (Lipinski definition) is 2. The van der Waals surface area contributed by atoms with E-state index >= 15 is 0 Å². The number of piperidine rings is 1. The van der Waals surface area contributed by atoms with Crippen LogP contribution in [0.4, 0.5) is 0 Å². The minimum atomic E-state index is -0.255. The minimum Gasteiger partial charge on any atom is -0.342 e. The third-order valence-corrected chi connectivity index (χ3v) is 3.31. The predicted molar refractivity (Wildman–Crippen MR) is 62.4 cm³/mol. The van der Waals surface area contributed by atoms with Crippen molar-refractivity contribution in [1.29, 1.82) is 0 Å². The summed E-state index contributed by atoms with van der Waals surface area (Å²) in [6.07, 6.45) is 1.06. The van der Waals surface area contributed by atoms with E-state index < -0.39 is 0 Å². The summed E-state index contributed by atoms with van der Waals surface area (Å²) in [6.45, 7) is 10.6. The molecule has 0 aliphatic carbocycles. The molecular weight excluding hydrogens is 188 g/mol.